The van der Waals surface area contributed by atoms with Crippen molar-refractivity contribution in [2.24, 2.45) is 0 Å². The minimum atomic E-state index is -3.26. The minimum absolute atomic E-state index is 0.0194. The number of sulfone groups is 1. The molecule has 0 bridgehead atoms. The van der Waals surface area contributed by atoms with E-state index in [0.717, 1.165) is 11.8 Å². The molecule has 1 fully saturated rings. The summed E-state index contributed by atoms with van der Waals surface area (Å²) in [7, 11) is -3.26. The molecule has 150 valence electrons. The highest BCUT2D eigenvalue weighted by Crippen LogP contribution is 2.30. The Balaban J connectivity index is 1.61. The molecule has 0 saturated carbocycles. The second-order valence-corrected chi connectivity index (χ2v) is 8.83. The molecule has 1 aromatic heterocycles. The van der Waals surface area contributed by atoms with Crippen LogP contribution in [0.15, 0.2) is 41.4 Å². The zero-order valence-corrected chi connectivity index (χ0v) is 16.2. The van der Waals surface area contributed by atoms with Crippen LogP contribution in [0.4, 0.5) is 4.79 Å². The van der Waals surface area contributed by atoms with Gasteiger partial charge in [0.05, 0.1) is 4.90 Å². The van der Waals surface area contributed by atoms with Gasteiger partial charge in [0.1, 0.15) is 23.8 Å². The first-order valence-electron chi connectivity index (χ1n) is 8.82. The van der Waals surface area contributed by atoms with E-state index < -0.39 is 15.9 Å². The first kappa shape index (κ1) is 19.9. The van der Waals surface area contributed by atoms with Crippen molar-refractivity contribution in [3.05, 3.63) is 47.8 Å². The number of hydrogen-bond acceptors (Lipinski definition) is 6. The van der Waals surface area contributed by atoms with Crippen molar-refractivity contribution < 1.29 is 28.2 Å². The number of pyridine rings is 1. The van der Waals surface area contributed by atoms with Crippen LogP contribution in [0.5, 0.6) is 11.5 Å². The van der Waals surface area contributed by atoms with Crippen molar-refractivity contribution in [3.63, 3.8) is 0 Å². The molecule has 2 heterocycles. The van der Waals surface area contributed by atoms with Crippen LogP contribution in [0.2, 0.25) is 0 Å². The lowest BCUT2D eigenvalue weighted by Crippen LogP contribution is -2.36. The summed E-state index contributed by atoms with van der Waals surface area (Å²) in [6.45, 7) is 0.978. The van der Waals surface area contributed by atoms with Crippen molar-refractivity contribution in [1.82, 2.24) is 9.88 Å². The number of aromatic hydroxyl groups is 1. The molecule has 0 spiro atoms. The molecule has 9 heteroatoms. The zero-order valence-electron chi connectivity index (χ0n) is 15.4. The summed E-state index contributed by atoms with van der Waals surface area (Å²) in [5.41, 5.74) is 1.25. The predicted molar refractivity (Wildman–Crippen MR) is 101 cm³/mol. The van der Waals surface area contributed by atoms with Gasteiger partial charge in [0.15, 0.2) is 9.84 Å². The van der Waals surface area contributed by atoms with Crippen molar-refractivity contribution in [2.45, 2.75) is 30.3 Å². The van der Waals surface area contributed by atoms with Crippen molar-refractivity contribution in [1.29, 1.82) is 0 Å². The number of carboxylic acid groups (broad SMARTS) is 1. The fourth-order valence-electron chi connectivity index (χ4n) is 3.17. The lowest BCUT2D eigenvalue weighted by Gasteiger charge is -2.30. The number of amides is 1. The number of carbonyl (C=O) groups is 1. The van der Waals surface area contributed by atoms with E-state index in [1.54, 1.807) is 24.4 Å². The minimum Gasteiger partial charge on any atom is -0.506 e. The summed E-state index contributed by atoms with van der Waals surface area (Å²) in [6.07, 6.45) is 3.30. The van der Waals surface area contributed by atoms with Gasteiger partial charge in [0.2, 0.25) is 0 Å². The molecule has 2 aromatic rings. The normalized spacial score (nSPS) is 15.4. The first-order valence-corrected chi connectivity index (χ1v) is 10.7. The zero-order chi connectivity index (χ0) is 20.3. The average Bonchev–Trinajstić information content (AvgIpc) is 2.66. The third-order valence-corrected chi connectivity index (χ3v) is 5.96. The molecular formula is C19H22N2O6S. The van der Waals surface area contributed by atoms with Gasteiger partial charge in [-0.1, -0.05) is 0 Å². The summed E-state index contributed by atoms with van der Waals surface area (Å²) in [5, 5.41) is 19.3. The fraction of sp³-hybridized carbons (Fsp3) is 0.368. The lowest BCUT2D eigenvalue weighted by atomic mass is 9.90. The van der Waals surface area contributed by atoms with Gasteiger partial charge >= 0.3 is 6.09 Å². The highest BCUT2D eigenvalue weighted by atomic mass is 32.2. The number of nitrogens with zero attached hydrogens (tertiary/aromatic N) is 2. The molecule has 0 atom stereocenters. The number of aromatic nitrogens is 1. The summed E-state index contributed by atoms with van der Waals surface area (Å²) < 4.78 is 28.5. The van der Waals surface area contributed by atoms with Crippen molar-refractivity contribution >= 4 is 15.9 Å². The van der Waals surface area contributed by atoms with Crippen LogP contribution in [0, 0.1) is 0 Å². The monoisotopic (exact) mass is 406 g/mol. The van der Waals surface area contributed by atoms with Crippen molar-refractivity contribution in [2.75, 3.05) is 19.3 Å². The van der Waals surface area contributed by atoms with Crippen LogP contribution in [-0.2, 0) is 16.4 Å². The largest absolute Gasteiger partial charge is 0.506 e. The van der Waals surface area contributed by atoms with E-state index in [9.17, 15) is 18.3 Å². The van der Waals surface area contributed by atoms with Crippen LogP contribution >= 0.6 is 0 Å². The van der Waals surface area contributed by atoms with Gasteiger partial charge in [-0.05, 0) is 54.7 Å². The molecule has 1 amide bonds. The number of benzene rings is 1. The first-order chi connectivity index (χ1) is 13.2. The van der Waals surface area contributed by atoms with Crippen LogP contribution in [0.25, 0.3) is 0 Å². The molecule has 0 radical (unpaired) electrons. The maximum absolute atomic E-state index is 11.5. The third-order valence-electron chi connectivity index (χ3n) is 4.83. The summed E-state index contributed by atoms with van der Waals surface area (Å²) >= 11 is 0. The van der Waals surface area contributed by atoms with Gasteiger partial charge in [-0.2, -0.15) is 0 Å². The summed E-state index contributed by atoms with van der Waals surface area (Å²) in [5.74, 6) is 0.650. The van der Waals surface area contributed by atoms with E-state index in [0.29, 0.717) is 37.4 Å². The van der Waals surface area contributed by atoms with Gasteiger partial charge in [-0.3, -0.25) is 4.98 Å². The van der Waals surface area contributed by atoms with E-state index in [-0.39, 0.29) is 23.2 Å². The molecule has 0 aliphatic carbocycles. The number of rotatable bonds is 5. The Hall–Kier alpha value is -2.81. The summed E-state index contributed by atoms with van der Waals surface area (Å²) in [4.78, 5) is 16.9. The molecule has 1 aromatic carbocycles. The fourth-order valence-corrected chi connectivity index (χ4v) is 3.80. The Morgan fingerprint density at radius 2 is 1.89 bits per heavy atom. The Bertz CT molecular complexity index is 951. The SMILES string of the molecule is CS(=O)(=O)c1ccc(OCc2ncc(C3CCN(C(=O)O)CC3)cc2O)cc1. The summed E-state index contributed by atoms with van der Waals surface area (Å²) in [6, 6.07) is 7.69. The molecular weight excluding hydrogens is 384 g/mol. The Morgan fingerprint density at radius 3 is 2.43 bits per heavy atom. The molecule has 8 nitrogen and oxygen atoms in total. The maximum atomic E-state index is 11.5. The lowest BCUT2D eigenvalue weighted by molar-refractivity contribution is 0.132. The molecule has 3 rings (SSSR count). The van der Waals surface area contributed by atoms with E-state index in [1.807, 2.05) is 0 Å². The van der Waals surface area contributed by atoms with Crippen molar-refractivity contribution in [3.8, 4) is 11.5 Å². The molecule has 1 aliphatic rings. The van der Waals surface area contributed by atoms with Gasteiger partial charge < -0.3 is 19.8 Å². The maximum Gasteiger partial charge on any atom is 0.407 e. The molecule has 2 N–H and O–H groups in total. The number of piperidine rings is 1. The molecule has 28 heavy (non-hydrogen) atoms. The average molecular weight is 406 g/mol. The highest BCUT2D eigenvalue weighted by Gasteiger charge is 2.24. The molecule has 1 saturated heterocycles. The second-order valence-electron chi connectivity index (χ2n) is 6.81. The number of likely N-dealkylation sites (tertiary alicyclic amines) is 1. The standard InChI is InChI=1S/C19H22N2O6S/c1-28(25,26)16-4-2-15(3-5-16)27-12-17-18(22)10-14(11-20-17)13-6-8-21(9-7-13)19(23)24/h2-5,10-11,13,22H,6-9,12H2,1H3,(H,23,24). The highest BCUT2D eigenvalue weighted by molar-refractivity contribution is 7.90. The Labute approximate surface area is 163 Å². The van der Waals surface area contributed by atoms with Gasteiger partial charge in [0.25, 0.3) is 0 Å². The molecule has 1 aliphatic heterocycles. The van der Waals surface area contributed by atoms with Crippen LogP contribution < -0.4 is 4.74 Å². The van der Waals surface area contributed by atoms with E-state index in [4.69, 9.17) is 9.84 Å². The van der Waals surface area contributed by atoms with Gasteiger partial charge in [-0.15, -0.1) is 0 Å². The van der Waals surface area contributed by atoms with Gasteiger partial charge in [-0.25, -0.2) is 13.2 Å². The Morgan fingerprint density at radius 1 is 1.25 bits per heavy atom. The van der Waals surface area contributed by atoms with E-state index in [2.05, 4.69) is 4.98 Å². The van der Waals surface area contributed by atoms with E-state index >= 15 is 0 Å². The second kappa shape index (κ2) is 8.05. The third kappa shape index (κ3) is 4.72. The molecule has 0 unspecified atom stereocenters. The van der Waals surface area contributed by atoms with E-state index in [1.165, 1.54) is 17.0 Å². The van der Waals surface area contributed by atoms with Crippen LogP contribution in [-0.4, -0.2) is 54.0 Å². The Kier molecular flexibility index (Phi) is 5.73. The predicted octanol–water partition coefficient (Wildman–Crippen LogP) is 2.63. The number of ether oxygens (including phenoxy) is 1. The van der Waals surface area contributed by atoms with Gasteiger partial charge in [0, 0.05) is 25.5 Å². The number of hydrogen-bond donors (Lipinski definition) is 2. The topological polar surface area (TPSA) is 117 Å². The van der Waals surface area contributed by atoms with Crippen LogP contribution in [0.1, 0.15) is 30.0 Å². The van der Waals surface area contributed by atoms with Crippen LogP contribution in [0.3, 0.4) is 0 Å². The smallest absolute Gasteiger partial charge is 0.407 e. The quantitative estimate of drug-likeness (QED) is 0.784.